The highest BCUT2D eigenvalue weighted by atomic mass is 16.2. The normalized spacial score (nSPS) is 19.2. The molecule has 2 aliphatic heterocycles. The summed E-state index contributed by atoms with van der Waals surface area (Å²) >= 11 is 0. The average molecular weight is 354 g/mol. The van der Waals surface area contributed by atoms with Crippen LogP contribution in [0, 0.1) is 0 Å². The number of benzene rings is 1. The zero-order chi connectivity index (χ0) is 17.8. The van der Waals surface area contributed by atoms with Crippen LogP contribution in [0.5, 0.6) is 0 Å². The average Bonchev–Trinajstić information content (AvgIpc) is 3.40. The van der Waals surface area contributed by atoms with Gasteiger partial charge in [0.1, 0.15) is 0 Å². The molecular formula is C19H26N6O. The van der Waals surface area contributed by atoms with Gasteiger partial charge in [-0.25, -0.2) is 4.68 Å². The second-order valence-electron chi connectivity index (χ2n) is 7.08. The zero-order valence-corrected chi connectivity index (χ0v) is 15.1. The zero-order valence-electron chi connectivity index (χ0n) is 15.1. The molecule has 26 heavy (non-hydrogen) atoms. The molecule has 7 heteroatoms. The number of hydrogen-bond acceptors (Lipinski definition) is 5. The van der Waals surface area contributed by atoms with Gasteiger partial charge in [-0.05, 0) is 44.1 Å². The van der Waals surface area contributed by atoms with Crippen molar-refractivity contribution in [2.45, 2.75) is 12.8 Å². The van der Waals surface area contributed by atoms with Crippen molar-refractivity contribution >= 4 is 5.91 Å². The van der Waals surface area contributed by atoms with Gasteiger partial charge < -0.3 is 9.80 Å². The van der Waals surface area contributed by atoms with E-state index in [0.717, 1.165) is 45.0 Å². The number of likely N-dealkylation sites (tertiary alicyclic amines) is 1. The smallest absolute Gasteiger partial charge is 0.254 e. The van der Waals surface area contributed by atoms with Crippen molar-refractivity contribution < 1.29 is 4.79 Å². The Bertz CT molecular complexity index is 717. The van der Waals surface area contributed by atoms with Crippen molar-refractivity contribution in [2.75, 3.05) is 52.4 Å². The first-order valence-electron chi connectivity index (χ1n) is 9.50. The van der Waals surface area contributed by atoms with E-state index in [1.807, 2.05) is 29.2 Å². The number of carbonyl (C=O) groups is 1. The number of amides is 1. The third kappa shape index (κ3) is 3.94. The molecule has 1 amide bonds. The maximum atomic E-state index is 12.8. The number of piperazine rings is 1. The van der Waals surface area contributed by atoms with Gasteiger partial charge in [0.05, 0.1) is 18.1 Å². The molecule has 0 atom stereocenters. The van der Waals surface area contributed by atoms with Gasteiger partial charge in [0.2, 0.25) is 0 Å². The molecule has 2 aromatic rings. The van der Waals surface area contributed by atoms with Crippen LogP contribution >= 0.6 is 0 Å². The predicted molar refractivity (Wildman–Crippen MR) is 99.4 cm³/mol. The first-order chi connectivity index (χ1) is 12.8. The van der Waals surface area contributed by atoms with Gasteiger partial charge in [0.15, 0.2) is 0 Å². The lowest BCUT2D eigenvalue weighted by Crippen LogP contribution is -2.50. The van der Waals surface area contributed by atoms with Crippen LogP contribution in [-0.2, 0) is 0 Å². The Morgan fingerprint density at radius 2 is 1.69 bits per heavy atom. The van der Waals surface area contributed by atoms with E-state index in [2.05, 4.69) is 20.1 Å². The first kappa shape index (κ1) is 17.2. The minimum Gasteiger partial charge on any atom is -0.336 e. The van der Waals surface area contributed by atoms with E-state index in [4.69, 9.17) is 0 Å². The van der Waals surface area contributed by atoms with Gasteiger partial charge in [0, 0.05) is 44.8 Å². The summed E-state index contributed by atoms with van der Waals surface area (Å²) in [6, 6.07) is 7.59. The van der Waals surface area contributed by atoms with Gasteiger partial charge in [-0.15, -0.1) is 5.10 Å². The summed E-state index contributed by atoms with van der Waals surface area (Å²) < 4.78 is 1.67. The highest BCUT2D eigenvalue weighted by molar-refractivity contribution is 5.94. The molecule has 2 aliphatic rings. The van der Waals surface area contributed by atoms with E-state index in [1.165, 1.54) is 25.9 Å². The summed E-state index contributed by atoms with van der Waals surface area (Å²) in [5.41, 5.74) is 1.57. The molecule has 0 spiro atoms. The number of carbonyl (C=O) groups excluding carboxylic acids is 1. The molecule has 138 valence electrons. The summed E-state index contributed by atoms with van der Waals surface area (Å²) in [6.07, 6.45) is 6.10. The second-order valence-corrected chi connectivity index (χ2v) is 7.08. The predicted octanol–water partition coefficient (Wildman–Crippen LogP) is 1.12. The maximum absolute atomic E-state index is 12.8. The van der Waals surface area contributed by atoms with Gasteiger partial charge >= 0.3 is 0 Å². The monoisotopic (exact) mass is 354 g/mol. The largest absolute Gasteiger partial charge is 0.336 e. The van der Waals surface area contributed by atoms with Crippen LogP contribution in [0.1, 0.15) is 23.2 Å². The van der Waals surface area contributed by atoms with E-state index in [0.29, 0.717) is 5.56 Å². The van der Waals surface area contributed by atoms with Gasteiger partial charge in [-0.2, -0.15) is 0 Å². The summed E-state index contributed by atoms with van der Waals surface area (Å²) in [4.78, 5) is 19.8. The van der Waals surface area contributed by atoms with Crippen LogP contribution < -0.4 is 0 Å². The Morgan fingerprint density at radius 3 is 2.38 bits per heavy atom. The SMILES string of the molecule is O=C(c1cccc(-n2ccnn2)c1)N1CCN(CCN2CCCC2)CC1. The molecule has 4 rings (SSSR count). The standard InChI is InChI=1S/C19H26N6O/c26-19(17-4-3-5-18(16-17)25-9-6-20-21-25)24-14-12-23(13-15-24)11-10-22-7-1-2-8-22/h3-6,9,16H,1-2,7-8,10-15H2. The number of aromatic nitrogens is 3. The highest BCUT2D eigenvalue weighted by Crippen LogP contribution is 2.14. The quantitative estimate of drug-likeness (QED) is 0.805. The second kappa shape index (κ2) is 7.97. The van der Waals surface area contributed by atoms with Crippen LogP contribution in [0.3, 0.4) is 0 Å². The van der Waals surface area contributed by atoms with Crippen molar-refractivity contribution in [3.63, 3.8) is 0 Å². The lowest BCUT2D eigenvalue weighted by atomic mass is 10.1. The van der Waals surface area contributed by atoms with Crippen LogP contribution in [0.2, 0.25) is 0 Å². The Hall–Kier alpha value is -2.25. The topological polar surface area (TPSA) is 57.5 Å². The molecule has 3 heterocycles. The van der Waals surface area contributed by atoms with Gasteiger partial charge in [-0.3, -0.25) is 9.69 Å². The van der Waals surface area contributed by atoms with Crippen molar-refractivity contribution in [1.82, 2.24) is 29.7 Å². The molecule has 0 N–H and O–H groups in total. The van der Waals surface area contributed by atoms with Crippen molar-refractivity contribution in [3.05, 3.63) is 42.2 Å². The molecule has 1 aromatic carbocycles. The van der Waals surface area contributed by atoms with E-state index >= 15 is 0 Å². The first-order valence-corrected chi connectivity index (χ1v) is 9.50. The molecule has 1 aromatic heterocycles. The van der Waals surface area contributed by atoms with E-state index in [1.54, 1.807) is 17.1 Å². The van der Waals surface area contributed by atoms with Gasteiger partial charge in [-0.1, -0.05) is 11.3 Å². The Kier molecular flexibility index (Phi) is 5.26. The summed E-state index contributed by atoms with van der Waals surface area (Å²) in [5, 5.41) is 7.82. The minimum atomic E-state index is 0.103. The molecule has 0 saturated carbocycles. The molecular weight excluding hydrogens is 328 g/mol. The number of hydrogen-bond donors (Lipinski definition) is 0. The summed E-state index contributed by atoms with van der Waals surface area (Å²) in [7, 11) is 0. The Morgan fingerprint density at radius 1 is 0.962 bits per heavy atom. The molecule has 0 bridgehead atoms. The third-order valence-electron chi connectivity index (χ3n) is 5.37. The number of nitrogens with zero attached hydrogens (tertiary/aromatic N) is 6. The Labute approximate surface area is 154 Å². The van der Waals surface area contributed by atoms with Crippen LogP contribution in [0.25, 0.3) is 5.69 Å². The molecule has 0 aliphatic carbocycles. The van der Waals surface area contributed by atoms with E-state index in [9.17, 15) is 4.79 Å². The van der Waals surface area contributed by atoms with Crippen LogP contribution in [0.4, 0.5) is 0 Å². The van der Waals surface area contributed by atoms with Crippen LogP contribution in [0.15, 0.2) is 36.7 Å². The third-order valence-corrected chi connectivity index (χ3v) is 5.37. The summed E-state index contributed by atoms with van der Waals surface area (Å²) in [6.45, 7) is 8.29. The lowest BCUT2D eigenvalue weighted by molar-refractivity contribution is 0.0626. The van der Waals surface area contributed by atoms with Crippen molar-refractivity contribution in [1.29, 1.82) is 0 Å². The summed E-state index contributed by atoms with van der Waals surface area (Å²) in [5.74, 6) is 0.103. The fourth-order valence-electron chi connectivity index (χ4n) is 3.77. The molecule has 2 fully saturated rings. The molecule has 0 radical (unpaired) electrons. The fourth-order valence-corrected chi connectivity index (χ4v) is 3.77. The minimum absolute atomic E-state index is 0.103. The maximum Gasteiger partial charge on any atom is 0.254 e. The molecule has 0 unspecified atom stereocenters. The fraction of sp³-hybridized carbons (Fsp3) is 0.526. The highest BCUT2D eigenvalue weighted by Gasteiger charge is 2.23. The van der Waals surface area contributed by atoms with Crippen LogP contribution in [-0.4, -0.2) is 88.0 Å². The van der Waals surface area contributed by atoms with Crippen molar-refractivity contribution in [2.24, 2.45) is 0 Å². The van der Waals surface area contributed by atoms with Gasteiger partial charge in [0.25, 0.3) is 5.91 Å². The molecule has 2 saturated heterocycles. The van der Waals surface area contributed by atoms with E-state index < -0.39 is 0 Å². The van der Waals surface area contributed by atoms with E-state index in [-0.39, 0.29) is 5.91 Å². The molecule has 7 nitrogen and oxygen atoms in total. The lowest BCUT2D eigenvalue weighted by Gasteiger charge is -2.35. The van der Waals surface area contributed by atoms with Crippen molar-refractivity contribution in [3.8, 4) is 5.69 Å². The Balaban J connectivity index is 1.31. The number of rotatable bonds is 5.